The Labute approximate surface area is 177 Å². The Morgan fingerprint density at radius 2 is 1.83 bits per heavy atom. The fraction of sp³-hybridized carbons (Fsp3) is 0.167. The van der Waals surface area contributed by atoms with Gasteiger partial charge in [0, 0.05) is 5.02 Å². The Hall–Kier alpha value is -3.31. The van der Waals surface area contributed by atoms with E-state index in [1.54, 1.807) is 41.5 Å². The van der Waals surface area contributed by atoms with Crippen LogP contribution >= 0.6 is 11.6 Å². The molecule has 1 unspecified atom stereocenters. The van der Waals surface area contributed by atoms with E-state index in [0.717, 1.165) is 16.7 Å². The van der Waals surface area contributed by atoms with Crippen molar-refractivity contribution in [3.05, 3.63) is 104 Å². The van der Waals surface area contributed by atoms with Gasteiger partial charge in [-0.1, -0.05) is 29.8 Å². The molecule has 0 aliphatic carbocycles. The molecule has 1 amide bonds. The molecule has 0 fully saturated rings. The minimum atomic E-state index is -0.587. The number of fused-ring (bicyclic) bond motifs is 2. The van der Waals surface area contributed by atoms with Crippen LogP contribution in [0.4, 0.5) is 0 Å². The highest BCUT2D eigenvalue weighted by Gasteiger charge is 2.43. The first kappa shape index (κ1) is 18.7. The molecule has 2 aromatic carbocycles. The van der Waals surface area contributed by atoms with Crippen molar-refractivity contribution in [1.29, 1.82) is 0 Å². The number of aryl methyl sites for hydroxylation is 2. The highest BCUT2D eigenvalue weighted by Crippen LogP contribution is 2.39. The highest BCUT2D eigenvalue weighted by atomic mass is 35.5. The second-order valence-corrected chi connectivity index (χ2v) is 8.03. The van der Waals surface area contributed by atoms with E-state index >= 15 is 0 Å². The standard InChI is InChI=1S/C24H18ClNO4/c1-13-10-14(2)19-18(11-13)30-23-20(22(19)27)21(15-5-7-16(25)8-6-15)26(24(23)28)12-17-4-3-9-29-17/h3-11,21H,12H2,1-2H3. The third kappa shape index (κ3) is 2.85. The van der Waals surface area contributed by atoms with Crippen LogP contribution in [-0.4, -0.2) is 10.8 Å². The first-order valence-corrected chi connectivity index (χ1v) is 9.98. The monoisotopic (exact) mass is 419 g/mol. The van der Waals surface area contributed by atoms with Gasteiger partial charge >= 0.3 is 0 Å². The zero-order valence-electron chi connectivity index (χ0n) is 16.4. The Kier molecular flexibility index (Phi) is 4.29. The van der Waals surface area contributed by atoms with Crippen molar-refractivity contribution in [1.82, 2.24) is 4.90 Å². The summed E-state index contributed by atoms with van der Waals surface area (Å²) in [5, 5.41) is 1.09. The van der Waals surface area contributed by atoms with Crippen molar-refractivity contribution >= 4 is 28.5 Å². The lowest BCUT2D eigenvalue weighted by Gasteiger charge is -2.24. The number of hydrogen-bond acceptors (Lipinski definition) is 4. The molecular formula is C24H18ClNO4. The lowest BCUT2D eigenvalue weighted by Crippen LogP contribution is -2.29. The quantitative estimate of drug-likeness (QED) is 0.446. The zero-order valence-corrected chi connectivity index (χ0v) is 17.2. The van der Waals surface area contributed by atoms with Crippen LogP contribution in [0.25, 0.3) is 11.0 Å². The van der Waals surface area contributed by atoms with E-state index in [9.17, 15) is 9.59 Å². The Morgan fingerprint density at radius 1 is 1.07 bits per heavy atom. The third-order valence-corrected chi connectivity index (χ3v) is 5.76. The molecule has 30 heavy (non-hydrogen) atoms. The number of rotatable bonds is 3. The molecule has 4 aromatic rings. The van der Waals surface area contributed by atoms with Crippen molar-refractivity contribution < 1.29 is 13.6 Å². The van der Waals surface area contributed by atoms with Crippen LogP contribution in [0.1, 0.15) is 44.6 Å². The van der Waals surface area contributed by atoms with E-state index in [0.29, 0.717) is 27.3 Å². The van der Waals surface area contributed by atoms with Crippen LogP contribution in [-0.2, 0) is 6.54 Å². The molecule has 0 saturated heterocycles. The van der Waals surface area contributed by atoms with E-state index in [2.05, 4.69) is 0 Å². The van der Waals surface area contributed by atoms with Crippen LogP contribution < -0.4 is 5.43 Å². The predicted molar refractivity (Wildman–Crippen MR) is 114 cm³/mol. The van der Waals surface area contributed by atoms with Crippen molar-refractivity contribution in [3.63, 3.8) is 0 Å². The second-order valence-electron chi connectivity index (χ2n) is 7.60. The van der Waals surface area contributed by atoms with Gasteiger partial charge in [0.2, 0.25) is 5.76 Å². The summed E-state index contributed by atoms with van der Waals surface area (Å²) in [6, 6.07) is 13.9. The van der Waals surface area contributed by atoms with Gasteiger partial charge in [0.25, 0.3) is 5.91 Å². The molecule has 1 aliphatic rings. The molecule has 150 valence electrons. The first-order chi connectivity index (χ1) is 14.4. The van der Waals surface area contributed by atoms with Crippen LogP contribution in [0.2, 0.25) is 5.02 Å². The molecule has 0 N–H and O–H groups in total. The number of benzene rings is 2. The van der Waals surface area contributed by atoms with Gasteiger partial charge in [-0.2, -0.15) is 0 Å². The SMILES string of the molecule is Cc1cc(C)c2c(=O)c3c(oc2c1)C(=O)N(Cc1ccco1)C3c1ccc(Cl)cc1. The second kappa shape index (κ2) is 6.89. The fourth-order valence-electron chi connectivity index (χ4n) is 4.24. The van der Waals surface area contributed by atoms with Crippen LogP contribution in [0, 0.1) is 13.8 Å². The van der Waals surface area contributed by atoms with Crippen LogP contribution in [0.3, 0.4) is 0 Å². The number of amides is 1. The largest absolute Gasteiger partial charge is 0.467 e. The van der Waals surface area contributed by atoms with Crippen LogP contribution in [0.5, 0.6) is 0 Å². The van der Waals surface area contributed by atoms with E-state index in [1.807, 2.05) is 32.0 Å². The van der Waals surface area contributed by atoms with Gasteiger partial charge < -0.3 is 13.7 Å². The molecule has 0 radical (unpaired) electrons. The van der Waals surface area contributed by atoms with Gasteiger partial charge in [-0.25, -0.2) is 0 Å². The summed E-state index contributed by atoms with van der Waals surface area (Å²) in [7, 11) is 0. The summed E-state index contributed by atoms with van der Waals surface area (Å²) < 4.78 is 11.5. The highest BCUT2D eigenvalue weighted by molar-refractivity contribution is 6.30. The number of halogens is 1. The summed E-state index contributed by atoms with van der Waals surface area (Å²) in [5.74, 6) is 0.377. The molecule has 1 aliphatic heterocycles. The molecule has 5 rings (SSSR count). The van der Waals surface area contributed by atoms with Crippen molar-refractivity contribution in [3.8, 4) is 0 Å². The zero-order chi connectivity index (χ0) is 21.0. The molecule has 1 atom stereocenters. The van der Waals surface area contributed by atoms with Gasteiger partial charge in [-0.05, 0) is 60.9 Å². The molecule has 0 bridgehead atoms. The predicted octanol–water partition coefficient (Wildman–Crippen LogP) is 5.40. The minimum Gasteiger partial charge on any atom is -0.467 e. The maximum absolute atomic E-state index is 13.6. The Balaban J connectivity index is 1.78. The molecule has 0 saturated carbocycles. The smallest absolute Gasteiger partial charge is 0.291 e. The maximum Gasteiger partial charge on any atom is 0.291 e. The number of carbonyl (C=O) groups excluding carboxylic acids is 1. The van der Waals surface area contributed by atoms with Gasteiger partial charge in [-0.3, -0.25) is 9.59 Å². The minimum absolute atomic E-state index is 0.0870. The normalized spacial score (nSPS) is 15.8. The van der Waals surface area contributed by atoms with Crippen LogP contribution in [0.15, 0.2) is 68.4 Å². The molecule has 6 heteroatoms. The average Bonchev–Trinajstić information content (AvgIpc) is 3.30. The molecule has 0 spiro atoms. The van der Waals surface area contributed by atoms with Gasteiger partial charge in [0.15, 0.2) is 5.43 Å². The lowest BCUT2D eigenvalue weighted by atomic mass is 9.97. The van der Waals surface area contributed by atoms with E-state index < -0.39 is 6.04 Å². The Morgan fingerprint density at radius 3 is 2.53 bits per heavy atom. The van der Waals surface area contributed by atoms with Crippen molar-refractivity contribution in [2.75, 3.05) is 0 Å². The molecule has 5 nitrogen and oxygen atoms in total. The van der Waals surface area contributed by atoms with E-state index in [1.165, 1.54) is 0 Å². The summed E-state index contributed by atoms with van der Waals surface area (Å²) in [4.78, 5) is 28.6. The van der Waals surface area contributed by atoms with Gasteiger partial charge in [0.05, 0.1) is 29.8 Å². The molecular weight excluding hydrogens is 402 g/mol. The summed E-state index contributed by atoms with van der Waals surface area (Å²) in [5.41, 5.74) is 3.18. The third-order valence-electron chi connectivity index (χ3n) is 5.50. The topological polar surface area (TPSA) is 63.7 Å². The first-order valence-electron chi connectivity index (χ1n) is 9.61. The summed E-state index contributed by atoms with van der Waals surface area (Å²) in [6.45, 7) is 4.03. The van der Waals surface area contributed by atoms with Gasteiger partial charge in [-0.15, -0.1) is 0 Å². The molecule has 2 aromatic heterocycles. The Bertz CT molecular complexity index is 1340. The van der Waals surface area contributed by atoms with E-state index in [4.69, 9.17) is 20.4 Å². The number of hydrogen-bond donors (Lipinski definition) is 0. The average molecular weight is 420 g/mol. The molecule has 3 heterocycles. The number of carbonyl (C=O) groups is 1. The number of nitrogens with zero attached hydrogens (tertiary/aromatic N) is 1. The van der Waals surface area contributed by atoms with Gasteiger partial charge in [0.1, 0.15) is 11.3 Å². The summed E-state index contributed by atoms with van der Waals surface area (Å²) in [6.07, 6.45) is 1.56. The summed E-state index contributed by atoms with van der Waals surface area (Å²) >= 11 is 6.07. The lowest BCUT2D eigenvalue weighted by molar-refractivity contribution is 0.0701. The van der Waals surface area contributed by atoms with Crippen molar-refractivity contribution in [2.45, 2.75) is 26.4 Å². The van der Waals surface area contributed by atoms with E-state index in [-0.39, 0.29) is 23.6 Å². The fourth-order valence-corrected chi connectivity index (χ4v) is 4.36. The maximum atomic E-state index is 13.6. The van der Waals surface area contributed by atoms with Crippen molar-refractivity contribution in [2.24, 2.45) is 0 Å². The number of furan rings is 1.